The molecule has 1 N–H and O–H groups in total. The molecule has 32 heavy (non-hydrogen) atoms. The number of anilines is 1. The lowest BCUT2D eigenvalue weighted by molar-refractivity contribution is -0.175. The fourth-order valence-electron chi connectivity index (χ4n) is 4.46. The molecule has 2 aliphatic carbocycles. The smallest absolute Gasteiger partial charge is 0.449 e. The molecular formula is C22H30F3N3O4. The Labute approximate surface area is 185 Å². The van der Waals surface area contributed by atoms with Crippen molar-refractivity contribution in [2.45, 2.75) is 77.9 Å². The molecule has 0 radical (unpaired) electrons. The number of ether oxygens (including phenoxy) is 1. The monoisotopic (exact) mass is 457 g/mol. The molecule has 1 saturated carbocycles. The number of hydrogen-bond donors (Lipinski definition) is 1. The number of alkyl halides is 3. The van der Waals surface area contributed by atoms with E-state index in [4.69, 9.17) is 9.84 Å². The zero-order valence-electron chi connectivity index (χ0n) is 18.6. The van der Waals surface area contributed by atoms with Gasteiger partial charge >= 0.3 is 12.3 Å². The van der Waals surface area contributed by atoms with Crippen molar-refractivity contribution in [3.05, 3.63) is 12.3 Å². The van der Waals surface area contributed by atoms with Crippen LogP contribution in [-0.4, -0.2) is 39.2 Å². The van der Waals surface area contributed by atoms with Crippen LogP contribution >= 0.6 is 0 Å². The molecule has 0 bridgehead atoms. The number of halogens is 3. The van der Waals surface area contributed by atoms with Crippen molar-refractivity contribution in [2.75, 3.05) is 4.90 Å². The number of allylic oxidation sites excluding steroid dienone is 2. The third-order valence-corrected chi connectivity index (χ3v) is 6.35. The van der Waals surface area contributed by atoms with Gasteiger partial charge < -0.3 is 9.84 Å². The summed E-state index contributed by atoms with van der Waals surface area (Å²) >= 11 is 0. The number of nitrogens with zero attached hydrogens (tertiary/aromatic N) is 3. The molecule has 3 rings (SSSR count). The largest absolute Gasteiger partial charge is 0.511 e. The van der Waals surface area contributed by atoms with Gasteiger partial charge in [0.05, 0.1) is 12.1 Å². The standard InChI is InChI=1S/C22H30F3N3O4/c1-13(2)28(20(29)15-6-4-14(3)5-7-15)19-18(32-21(30)31)12-27(26-19)17-10-8-16(9-11-17)22(23,24)25/h10,12-16H,4-9,11H2,1-3H3,(H,30,31). The van der Waals surface area contributed by atoms with E-state index < -0.39 is 18.2 Å². The minimum atomic E-state index is -4.26. The topological polar surface area (TPSA) is 84.7 Å². The molecule has 0 saturated heterocycles. The lowest BCUT2D eigenvalue weighted by Crippen LogP contribution is -2.42. The highest BCUT2D eigenvalue weighted by Gasteiger charge is 2.40. The Morgan fingerprint density at radius 3 is 2.38 bits per heavy atom. The summed E-state index contributed by atoms with van der Waals surface area (Å²) in [6.07, 6.45) is 0.270. The summed E-state index contributed by atoms with van der Waals surface area (Å²) in [7, 11) is 0. The molecule has 10 heteroatoms. The molecule has 1 aromatic rings. The maximum absolute atomic E-state index is 13.4. The minimum absolute atomic E-state index is 0.0740. The Morgan fingerprint density at radius 1 is 1.22 bits per heavy atom. The predicted octanol–water partition coefficient (Wildman–Crippen LogP) is 5.71. The first-order valence-electron chi connectivity index (χ1n) is 11.1. The fourth-order valence-corrected chi connectivity index (χ4v) is 4.46. The van der Waals surface area contributed by atoms with Crippen LogP contribution in [0.25, 0.3) is 5.70 Å². The van der Waals surface area contributed by atoms with Crippen LogP contribution in [0.3, 0.4) is 0 Å². The second-order valence-corrected chi connectivity index (χ2v) is 9.10. The highest BCUT2D eigenvalue weighted by atomic mass is 19.4. The second-order valence-electron chi connectivity index (χ2n) is 9.10. The fraction of sp³-hybridized carbons (Fsp3) is 0.682. The summed E-state index contributed by atoms with van der Waals surface area (Å²) in [5.74, 6) is -1.19. The summed E-state index contributed by atoms with van der Waals surface area (Å²) in [6.45, 7) is 5.77. The van der Waals surface area contributed by atoms with Gasteiger partial charge in [-0.3, -0.25) is 9.69 Å². The molecule has 1 aromatic heterocycles. The maximum atomic E-state index is 13.4. The van der Waals surface area contributed by atoms with Crippen LogP contribution in [0.2, 0.25) is 0 Å². The van der Waals surface area contributed by atoms with Crippen LogP contribution in [0.5, 0.6) is 5.75 Å². The Morgan fingerprint density at radius 2 is 1.88 bits per heavy atom. The quantitative estimate of drug-likeness (QED) is 0.573. The van der Waals surface area contributed by atoms with Crippen molar-refractivity contribution in [1.29, 1.82) is 0 Å². The lowest BCUT2D eigenvalue weighted by atomic mass is 9.82. The van der Waals surface area contributed by atoms with Gasteiger partial charge in [-0.25, -0.2) is 9.48 Å². The Bertz CT molecular complexity index is 870. The van der Waals surface area contributed by atoms with Crippen LogP contribution in [0.15, 0.2) is 12.3 Å². The summed E-state index contributed by atoms with van der Waals surface area (Å²) in [5, 5.41) is 13.6. The van der Waals surface area contributed by atoms with Crippen molar-refractivity contribution in [2.24, 2.45) is 17.8 Å². The van der Waals surface area contributed by atoms with Crippen molar-refractivity contribution < 1.29 is 32.6 Å². The first kappa shape index (κ1) is 24.1. The Kier molecular flexibility index (Phi) is 7.19. The second kappa shape index (κ2) is 9.54. The SMILES string of the molecule is CC1CCC(C(=O)N(c2nn(C3=CCC(C(F)(F)F)CC3)cc2OC(=O)O)C(C)C)CC1. The van der Waals surface area contributed by atoms with E-state index in [0.29, 0.717) is 11.6 Å². The van der Waals surface area contributed by atoms with Crippen LogP contribution < -0.4 is 9.64 Å². The van der Waals surface area contributed by atoms with E-state index in [9.17, 15) is 22.8 Å². The highest BCUT2D eigenvalue weighted by Crippen LogP contribution is 2.40. The molecule has 0 aromatic carbocycles. The van der Waals surface area contributed by atoms with Crippen LogP contribution in [0, 0.1) is 17.8 Å². The van der Waals surface area contributed by atoms with E-state index in [0.717, 1.165) is 25.7 Å². The van der Waals surface area contributed by atoms with E-state index in [1.54, 1.807) is 13.8 Å². The average molecular weight is 457 g/mol. The molecule has 1 heterocycles. The molecule has 2 aliphatic rings. The van der Waals surface area contributed by atoms with Crippen LogP contribution in [0.1, 0.15) is 65.7 Å². The van der Waals surface area contributed by atoms with Crippen molar-refractivity contribution in [1.82, 2.24) is 9.78 Å². The van der Waals surface area contributed by atoms with Crippen LogP contribution in [-0.2, 0) is 4.79 Å². The molecule has 1 amide bonds. The van der Waals surface area contributed by atoms with E-state index in [-0.39, 0.29) is 48.7 Å². The number of hydrogen-bond acceptors (Lipinski definition) is 4. The van der Waals surface area contributed by atoms with Crippen molar-refractivity contribution in [3.63, 3.8) is 0 Å². The first-order chi connectivity index (χ1) is 15.0. The van der Waals surface area contributed by atoms with Crippen molar-refractivity contribution in [3.8, 4) is 5.75 Å². The van der Waals surface area contributed by atoms with Gasteiger partial charge in [0.15, 0.2) is 5.75 Å². The van der Waals surface area contributed by atoms with Gasteiger partial charge in [-0.05, 0) is 64.7 Å². The summed E-state index contributed by atoms with van der Waals surface area (Å²) in [5.41, 5.74) is 0.523. The third-order valence-electron chi connectivity index (χ3n) is 6.35. The van der Waals surface area contributed by atoms with Crippen LogP contribution in [0.4, 0.5) is 23.8 Å². The molecule has 1 fully saturated rings. The molecule has 1 unspecified atom stereocenters. The van der Waals surface area contributed by atoms with Gasteiger partial charge in [0.1, 0.15) is 0 Å². The third kappa shape index (κ3) is 5.45. The maximum Gasteiger partial charge on any atom is 0.511 e. The summed E-state index contributed by atoms with van der Waals surface area (Å²) < 4.78 is 45.2. The minimum Gasteiger partial charge on any atom is -0.449 e. The van der Waals surface area contributed by atoms with Gasteiger partial charge in [0, 0.05) is 17.7 Å². The summed E-state index contributed by atoms with van der Waals surface area (Å²) in [4.78, 5) is 26.1. The van der Waals surface area contributed by atoms with E-state index in [1.165, 1.54) is 21.9 Å². The molecule has 7 nitrogen and oxygen atoms in total. The normalized spacial score (nSPS) is 24.2. The van der Waals surface area contributed by atoms with Crippen molar-refractivity contribution >= 4 is 23.6 Å². The highest BCUT2D eigenvalue weighted by molar-refractivity contribution is 5.96. The zero-order chi connectivity index (χ0) is 23.6. The number of carbonyl (C=O) groups is 2. The number of amides is 1. The van der Waals surface area contributed by atoms with Gasteiger partial charge in [-0.1, -0.05) is 13.0 Å². The number of carbonyl (C=O) groups excluding carboxylic acids is 1. The molecule has 178 valence electrons. The van der Waals surface area contributed by atoms with Gasteiger partial charge in [-0.2, -0.15) is 13.2 Å². The molecular weight excluding hydrogens is 427 g/mol. The number of rotatable bonds is 5. The van der Waals surface area contributed by atoms with E-state index >= 15 is 0 Å². The first-order valence-corrected chi connectivity index (χ1v) is 11.1. The summed E-state index contributed by atoms with van der Waals surface area (Å²) in [6, 6.07) is -0.309. The van der Waals surface area contributed by atoms with E-state index in [2.05, 4.69) is 12.0 Å². The Balaban J connectivity index is 1.91. The number of aromatic nitrogens is 2. The van der Waals surface area contributed by atoms with Gasteiger partial charge in [0.2, 0.25) is 11.7 Å². The average Bonchev–Trinajstić information content (AvgIpc) is 3.10. The zero-order valence-corrected chi connectivity index (χ0v) is 18.6. The number of carboxylic acid groups (broad SMARTS) is 1. The van der Waals surface area contributed by atoms with E-state index in [1.807, 2.05) is 0 Å². The molecule has 1 atom stereocenters. The lowest BCUT2D eigenvalue weighted by Gasteiger charge is -2.32. The molecule has 0 aliphatic heterocycles. The van der Waals surface area contributed by atoms with Gasteiger partial charge in [0.25, 0.3) is 0 Å². The van der Waals surface area contributed by atoms with Gasteiger partial charge in [-0.15, -0.1) is 5.10 Å². The Hall–Kier alpha value is -2.52. The molecule has 0 spiro atoms. The predicted molar refractivity (Wildman–Crippen MR) is 112 cm³/mol.